The van der Waals surface area contributed by atoms with Gasteiger partial charge in [0, 0.05) is 25.8 Å². The molecule has 0 amide bonds. The molecule has 0 bridgehead atoms. The van der Waals surface area contributed by atoms with Crippen LogP contribution in [0.2, 0.25) is 0 Å². The lowest BCUT2D eigenvalue weighted by Gasteiger charge is -2.39. The summed E-state index contributed by atoms with van der Waals surface area (Å²) in [5.41, 5.74) is 6.46. The SMILES string of the molecule is NCc1ccnc(N2CC(C(F)F)C2)c1. The van der Waals surface area contributed by atoms with Gasteiger partial charge < -0.3 is 10.6 Å². The number of aromatic nitrogens is 1. The highest BCUT2D eigenvalue weighted by Gasteiger charge is 2.34. The zero-order valence-electron chi connectivity index (χ0n) is 8.24. The van der Waals surface area contributed by atoms with Crippen molar-refractivity contribution in [1.82, 2.24) is 4.98 Å². The average molecular weight is 213 g/mol. The second-order valence-electron chi connectivity index (χ2n) is 3.73. The van der Waals surface area contributed by atoms with E-state index in [9.17, 15) is 8.78 Å². The fourth-order valence-corrected chi connectivity index (χ4v) is 1.62. The lowest BCUT2D eigenvalue weighted by atomic mass is 10.0. The fourth-order valence-electron chi connectivity index (χ4n) is 1.62. The second kappa shape index (κ2) is 4.10. The van der Waals surface area contributed by atoms with Crippen molar-refractivity contribution in [2.45, 2.75) is 13.0 Å². The maximum Gasteiger partial charge on any atom is 0.244 e. The average Bonchev–Trinajstić information content (AvgIpc) is 2.15. The predicted octanol–water partition coefficient (Wildman–Crippen LogP) is 1.24. The van der Waals surface area contributed by atoms with Crippen LogP contribution in [-0.2, 0) is 6.54 Å². The van der Waals surface area contributed by atoms with E-state index in [4.69, 9.17) is 5.73 Å². The molecule has 1 fully saturated rings. The van der Waals surface area contributed by atoms with Crippen molar-refractivity contribution in [2.75, 3.05) is 18.0 Å². The summed E-state index contributed by atoms with van der Waals surface area (Å²) in [7, 11) is 0. The Labute approximate surface area is 86.9 Å². The number of rotatable bonds is 3. The number of hydrogen-bond donors (Lipinski definition) is 1. The Hall–Kier alpha value is -1.23. The number of anilines is 1. The monoisotopic (exact) mass is 213 g/mol. The number of halogens is 2. The number of alkyl halides is 2. The summed E-state index contributed by atoms with van der Waals surface area (Å²) in [6.07, 6.45) is -0.563. The zero-order valence-corrected chi connectivity index (χ0v) is 8.24. The maximum atomic E-state index is 12.2. The molecule has 0 aromatic carbocycles. The van der Waals surface area contributed by atoms with Crippen molar-refractivity contribution in [3.8, 4) is 0 Å². The van der Waals surface area contributed by atoms with Crippen molar-refractivity contribution in [3.05, 3.63) is 23.9 Å². The Morgan fingerprint density at radius 1 is 1.53 bits per heavy atom. The fraction of sp³-hybridized carbons (Fsp3) is 0.500. The molecule has 2 heterocycles. The van der Waals surface area contributed by atoms with Gasteiger partial charge in [0.05, 0.1) is 5.92 Å². The summed E-state index contributed by atoms with van der Waals surface area (Å²) in [5.74, 6) is 0.239. The van der Waals surface area contributed by atoms with Gasteiger partial charge in [-0.3, -0.25) is 0 Å². The van der Waals surface area contributed by atoms with E-state index in [-0.39, 0.29) is 0 Å². The second-order valence-corrected chi connectivity index (χ2v) is 3.73. The quantitative estimate of drug-likeness (QED) is 0.821. The lowest BCUT2D eigenvalue weighted by Crippen LogP contribution is -2.50. The van der Waals surface area contributed by atoms with Gasteiger partial charge in [-0.2, -0.15) is 0 Å². The minimum atomic E-state index is -2.22. The summed E-state index contributed by atoms with van der Waals surface area (Å²) >= 11 is 0. The molecule has 1 aromatic rings. The van der Waals surface area contributed by atoms with E-state index in [1.807, 2.05) is 17.0 Å². The van der Waals surface area contributed by atoms with Crippen molar-refractivity contribution in [2.24, 2.45) is 11.7 Å². The summed E-state index contributed by atoms with van der Waals surface area (Å²) in [5, 5.41) is 0. The molecule has 1 aliphatic heterocycles. The topological polar surface area (TPSA) is 42.1 Å². The van der Waals surface area contributed by atoms with Gasteiger partial charge in [0.25, 0.3) is 0 Å². The van der Waals surface area contributed by atoms with Crippen molar-refractivity contribution < 1.29 is 8.78 Å². The van der Waals surface area contributed by atoms with E-state index in [2.05, 4.69) is 4.98 Å². The normalized spacial score (nSPS) is 16.9. The molecule has 2 rings (SSSR count). The Morgan fingerprint density at radius 3 is 2.87 bits per heavy atom. The summed E-state index contributed by atoms with van der Waals surface area (Å²) in [4.78, 5) is 5.97. The molecule has 2 N–H and O–H groups in total. The minimum absolute atomic E-state index is 0.388. The smallest absolute Gasteiger partial charge is 0.244 e. The van der Waals surface area contributed by atoms with Crippen LogP contribution in [0.5, 0.6) is 0 Å². The maximum absolute atomic E-state index is 12.2. The summed E-state index contributed by atoms with van der Waals surface area (Å²) in [6, 6.07) is 3.68. The Bertz CT molecular complexity index is 337. The van der Waals surface area contributed by atoms with Crippen LogP contribution in [0, 0.1) is 5.92 Å². The van der Waals surface area contributed by atoms with E-state index < -0.39 is 12.3 Å². The third-order valence-electron chi connectivity index (χ3n) is 2.64. The third kappa shape index (κ3) is 2.07. The first kappa shape index (κ1) is 10.3. The molecule has 1 aromatic heterocycles. The van der Waals surface area contributed by atoms with Gasteiger partial charge in [0.2, 0.25) is 6.43 Å². The van der Waals surface area contributed by atoms with Crippen LogP contribution in [0.15, 0.2) is 18.3 Å². The van der Waals surface area contributed by atoms with Gasteiger partial charge in [-0.05, 0) is 17.7 Å². The van der Waals surface area contributed by atoms with E-state index in [0.29, 0.717) is 19.6 Å². The molecule has 1 saturated heterocycles. The highest BCUT2D eigenvalue weighted by molar-refractivity contribution is 5.43. The van der Waals surface area contributed by atoms with E-state index in [0.717, 1.165) is 11.4 Å². The molecule has 0 radical (unpaired) electrons. The number of pyridine rings is 1. The Morgan fingerprint density at radius 2 is 2.27 bits per heavy atom. The van der Waals surface area contributed by atoms with Gasteiger partial charge in [-0.1, -0.05) is 0 Å². The zero-order chi connectivity index (χ0) is 10.8. The van der Waals surface area contributed by atoms with Gasteiger partial charge >= 0.3 is 0 Å². The molecule has 15 heavy (non-hydrogen) atoms. The van der Waals surface area contributed by atoms with Crippen molar-refractivity contribution in [1.29, 1.82) is 0 Å². The molecule has 5 heteroatoms. The Balaban J connectivity index is 2.00. The predicted molar refractivity (Wildman–Crippen MR) is 53.8 cm³/mol. The van der Waals surface area contributed by atoms with Crippen LogP contribution in [0.3, 0.4) is 0 Å². The summed E-state index contributed by atoms with van der Waals surface area (Å²) < 4.78 is 24.5. The van der Waals surface area contributed by atoms with E-state index in [1.54, 1.807) is 6.20 Å². The number of nitrogens with two attached hydrogens (primary N) is 1. The van der Waals surface area contributed by atoms with Crippen LogP contribution in [0.4, 0.5) is 14.6 Å². The largest absolute Gasteiger partial charge is 0.355 e. The van der Waals surface area contributed by atoms with Crippen molar-refractivity contribution >= 4 is 5.82 Å². The highest BCUT2D eigenvalue weighted by atomic mass is 19.3. The Kier molecular flexibility index (Phi) is 2.81. The summed E-state index contributed by atoms with van der Waals surface area (Å²) in [6.45, 7) is 1.22. The minimum Gasteiger partial charge on any atom is -0.355 e. The van der Waals surface area contributed by atoms with E-state index >= 15 is 0 Å². The van der Waals surface area contributed by atoms with Crippen LogP contribution in [0.25, 0.3) is 0 Å². The molecule has 1 aliphatic rings. The van der Waals surface area contributed by atoms with Gasteiger partial charge in [-0.15, -0.1) is 0 Å². The molecular weight excluding hydrogens is 200 g/mol. The standard InChI is InChI=1S/C10H13F2N3/c11-10(12)8-5-15(6-8)9-3-7(4-13)1-2-14-9/h1-3,8,10H,4-6,13H2. The highest BCUT2D eigenvalue weighted by Crippen LogP contribution is 2.27. The number of nitrogens with zero attached hydrogens (tertiary/aromatic N) is 2. The first-order valence-electron chi connectivity index (χ1n) is 4.89. The van der Waals surface area contributed by atoms with Gasteiger partial charge in [0.1, 0.15) is 5.82 Å². The van der Waals surface area contributed by atoms with Crippen molar-refractivity contribution in [3.63, 3.8) is 0 Å². The van der Waals surface area contributed by atoms with Crippen LogP contribution < -0.4 is 10.6 Å². The van der Waals surface area contributed by atoms with Crippen LogP contribution >= 0.6 is 0 Å². The molecular formula is C10H13F2N3. The van der Waals surface area contributed by atoms with Gasteiger partial charge in [-0.25, -0.2) is 13.8 Å². The molecule has 82 valence electrons. The number of hydrogen-bond acceptors (Lipinski definition) is 3. The molecule has 0 aliphatic carbocycles. The van der Waals surface area contributed by atoms with Gasteiger partial charge in [0.15, 0.2) is 0 Å². The van der Waals surface area contributed by atoms with E-state index in [1.165, 1.54) is 0 Å². The van der Waals surface area contributed by atoms with Crippen LogP contribution in [-0.4, -0.2) is 24.5 Å². The molecule has 0 saturated carbocycles. The molecule has 3 nitrogen and oxygen atoms in total. The first-order chi connectivity index (χ1) is 7.20. The third-order valence-corrected chi connectivity index (χ3v) is 2.64. The molecule has 0 unspecified atom stereocenters. The molecule has 0 spiro atoms. The van der Waals surface area contributed by atoms with Crippen LogP contribution in [0.1, 0.15) is 5.56 Å². The lowest BCUT2D eigenvalue weighted by molar-refractivity contribution is 0.0611. The molecule has 0 atom stereocenters. The first-order valence-corrected chi connectivity index (χ1v) is 4.89.